The zero-order chi connectivity index (χ0) is 24.6. The topological polar surface area (TPSA) is 65.5 Å². The SMILES string of the molecule is CN(CC1CCN(c2cc(F)c(S(=O)(=O)Nc3cccc(F)n3)c(F)c2Cl)C1)CC(C)(C)C. The molecule has 11 heteroatoms. The van der Waals surface area contributed by atoms with Gasteiger partial charge in [-0.15, -0.1) is 0 Å². The van der Waals surface area contributed by atoms with Gasteiger partial charge >= 0.3 is 0 Å². The van der Waals surface area contributed by atoms with Gasteiger partial charge in [0.25, 0.3) is 10.0 Å². The first-order valence-electron chi connectivity index (χ1n) is 10.5. The van der Waals surface area contributed by atoms with Crippen molar-refractivity contribution in [3.8, 4) is 0 Å². The van der Waals surface area contributed by atoms with Crippen molar-refractivity contribution in [3.05, 3.63) is 46.9 Å². The number of anilines is 2. The van der Waals surface area contributed by atoms with E-state index < -0.39 is 43.3 Å². The highest BCUT2D eigenvalue weighted by Crippen LogP contribution is 2.37. The van der Waals surface area contributed by atoms with Crippen LogP contribution in [0.5, 0.6) is 0 Å². The minimum absolute atomic E-state index is 0.107. The highest BCUT2D eigenvalue weighted by atomic mass is 35.5. The predicted octanol–water partition coefficient (Wildman–Crippen LogP) is 4.76. The smallest absolute Gasteiger partial charge is 0.268 e. The van der Waals surface area contributed by atoms with Crippen molar-refractivity contribution in [1.82, 2.24) is 9.88 Å². The quantitative estimate of drug-likeness (QED) is 0.435. The molecule has 1 saturated heterocycles. The molecule has 1 aromatic heterocycles. The summed E-state index contributed by atoms with van der Waals surface area (Å²) in [5.41, 5.74) is 0.259. The van der Waals surface area contributed by atoms with Gasteiger partial charge in [-0.25, -0.2) is 22.2 Å². The first-order chi connectivity index (χ1) is 15.3. The number of rotatable bonds is 7. The Balaban J connectivity index is 1.80. The number of halogens is 4. The Hall–Kier alpha value is -2.04. The third-order valence-corrected chi connectivity index (χ3v) is 7.01. The monoisotopic (exact) mass is 504 g/mol. The fourth-order valence-electron chi connectivity index (χ4n) is 4.21. The van der Waals surface area contributed by atoms with Crippen LogP contribution in [0.1, 0.15) is 27.2 Å². The lowest BCUT2D eigenvalue weighted by Gasteiger charge is -2.28. The molecule has 1 atom stereocenters. The molecule has 1 aliphatic heterocycles. The number of benzene rings is 1. The van der Waals surface area contributed by atoms with Crippen molar-refractivity contribution in [3.63, 3.8) is 0 Å². The van der Waals surface area contributed by atoms with Crippen LogP contribution in [0.2, 0.25) is 5.02 Å². The van der Waals surface area contributed by atoms with Crippen LogP contribution in [0, 0.1) is 28.9 Å². The van der Waals surface area contributed by atoms with Crippen LogP contribution in [0.25, 0.3) is 0 Å². The van der Waals surface area contributed by atoms with Crippen LogP contribution >= 0.6 is 11.6 Å². The summed E-state index contributed by atoms with van der Waals surface area (Å²) in [6, 6.07) is 4.31. The van der Waals surface area contributed by atoms with Crippen LogP contribution in [-0.2, 0) is 10.0 Å². The Kier molecular flexibility index (Phi) is 7.50. The molecule has 0 saturated carbocycles. The summed E-state index contributed by atoms with van der Waals surface area (Å²) in [4.78, 5) is 6.12. The fourth-order valence-corrected chi connectivity index (χ4v) is 5.68. The van der Waals surface area contributed by atoms with E-state index in [9.17, 15) is 17.2 Å². The van der Waals surface area contributed by atoms with E-state index in [1.165, 1.54) is 6.07 Å². The minimum Gasteiger partial charge on any atom is -0.370 e. The maximum Gasteiger partial charge on any atom is 0.268 e. The Labute approximate surface area is 197 Å². The lowest BCUT2D eigenvalue weighted by molar-refractivity contribution is 0.204. The maximum absolute atomic E-state index is 15.0. The fraction of sp³-hybridized carbons (Fsp3) is 0.500. The summed E-state index contributed by atoms with van der Waals surface area (Å²) in [7, 11) is -2.70. The summed E-state index contributed by atoms with van der Waals surface area (Å²) in [6.07, 6.45) is 0.820. The van der Waals surface area contributed by atoms with Crippen molar-refractivity contribution in [1.29, 1.82) is 0 Å². The van der Waals surface area contributed by atoms with Crippen LogP contribution < -0.4 is 9.62 Å². The molecule has 1 aromatic carbocycles. The Morgan fingerprint density at radius 2 is 1.97 bits per heavy atom. The molecular formula is C22H28ClF3N4O2S. The summed E-state index contributed by atoms with van der Waals surface area (Å²) < 4.78 is 70.2. The summed E-state index contributed by atoms with van der Waals surface area (Å²) >= 11 is 6.16. The Bertz CT molecular complexity index is 1130. The van der Waals surface area contributed by atoms with Crippen molar-refractivity contribution in [2.24, 2.45) is 11.3 Å². The largest absolute Gasteiger partial charge is 0.370 e. The van der Waals surface area contributed by atoms with Crippen LogP contribution in [0.3, 0.4) is 0 Å². The standard InChI is InChI=1S/C22H28ClF3N4O2S/c1-22(2,3)13-29(4)11-14-8-9-30(12-14)16-10-15(24)21(20(26)19(16)23)33(31,32)28-18-7-5-6-17(25)27-18/h5-7,10,14H,8-9,11-13H2,1-4H3,(H,27,28). The first-order valence-corrected chi connectivity index (χ1v) is 12.4. The van der Waals surface area contributed by atoms with Crippen molar-refractivity contribution >= 4 is 33.1 Å². The third kappa shape index (κ3) is 6.30. The zero-order valence-electron chi connectivity index (χ0n) is 19.0. The van der Waals surface area contributed by atoms with Gasteiger partial charge in [0.1, 0.15) is 16.7 Å². The molecule has 1 aliphatic rings. The Morgan fingerprint density at radius 1 is 1.27 bits per heavy atom. The highest BCUT2D eigenvalue weighted by Gasteiger charge is 2.32. The molecule has 3 rings (SSSR count). The molecule has 0 spiro atoms. The lowest BCUT2D eigenvalue weighted by atomic mass is 9.95. The number of sulfonamides is 1. The van der Waals surface area contributed by atoms with Crippen LogP contribution in [-0.4, -0.2) is 51.5 Å². The number of hydrogen-bond donors (Lipinski definition) is 1. The molecule has 0 radical (unpaired) electrons. The molecule has 1 fully saturated rings. The van der Waals surface area contributed by atoms with E-state index in [1.54, 1.807) is 4.90 Å². The van der Waals surface area contributed by atoms with E-state index in [0.717, 1.165) is 37.7 Å². The third-order valence-electron chi connectivity index (χ3n) is 5.26. The molecule has 2 aromatic rings. The molecule has 6 nitrogen and oxygen atoms in total. The van der Waals surface area contributed by atoms with Crippen molar-refractivity contribution < 1.29 is 21.6 Å². The molecular weight excluding hydrogens is 477 g/mol. The number of hydrogen-bond acceptors (Lipinski definition) is 5. The second-order valence-corrected chi connectivity index (χ2v) is 11.6. The van der Waals surface area contributed by atoms with Crippen molar-refractivity contribution in [2.75, 3.05) is 42.8 Å². The van der Waals surface area contributed by atoms with Gasteiger partial charge in [-0.2, -0.15) is 4.39 Å². The number of nitrogens with one attached hydrogen (secondary N) is 1. The summed E-state index contributed by atoms with van der Waals surface area (Å²) in [5, 5.41) is -0.479. The molecule has 182 valence electrons. The molecule has 2 heterocycles. The maximum atomic E-state index is 15.0. The summed E-state index contributed by atoms with van der Waals surface area (Å²) in [5.74, 6) is -3.76. The van der Waals surface area contributed by atoms with E-state index >= 15 is 4.39 Å². The van der Waals surface area contributed by atoms with Gasteiger partial charge in [0.15, 0.2) is 10.7 Å². The normalized spacial score (nSPS) is 17.1. The van der Waals surface area contributed by atoms with E-state index in [1.807, 2.05) is 11.8 Å². The summed E-state index contributed by atoms with van der Waals surface area (Å²) in [6.45, 7) is 9.30. The number of nitrogens with zero attached hydrogens (tertiary/aromatic N) is 3. The molecule has 0 amide bonds. The highest BCUT2D eigenvalue weighted by molar-refractivity contribution is 7.92. The van der Waals surface area contributed by atoms with Gasteiger partial charge in [-0.05, 0) is 36.9 Å². The molecule has 1 N–H and O–H groups in total. The van der Waals surface area contributed by atoms with Gasteiger partial charge in [-0.1, -0.05) is 38.4 Å². The molecule has 33 heavy (non-hydrogen) atoms. The van der Waals surface area contributed by atoms with E-state index in [-0.39, 0.29) is 17.0 Å². The van der Waals surface area contributed by atoms with Gasteiger partial charge in [0.2, 0.25) is 5.95 Å². The van der Waals surface area contributed by atoms with E-state index in [4.69, 9.17) is 11.6 Å². The number of aromatic nitrogens is 1. The molecule has 1 unspecified atom stereocenters. The van der Waals surface area contributed by atoms with Gasteiger partial charge in [0.05, 0.1) is 5.69 Å². The second-order valence-electron chi connectivity index (χ2n) is 9.64. The van der Waals surface area contributed by atoms with Gasteiger partial charge in [-0.3, -0.25) is 4.72 Å². The van der Waals surface area contributed by atoms with E-state index in [0.29, 0.717) is 13.1 Å². The average molecular weight is 505 g/mol. The Morgan fingerprint density at radius 3 is 2.61 bits per heavy atom. The van der Waals surface area contributed by atoms with Gasteiger partial charge in [0, 0.05) is 32.2 Å². The van der Waals surface area contributed by atoms with Crippen LogP contribution in [0.4, 0.5) is 24.7 Å². The minimum atomic E-state index is -4.74. The molecule has 0 aliphatic carbocycles. The number of pyridine rings is 1. The van der Waals surface area contributed by atoms with Crippen molar-refractivity contribution in [2.45, 2.75) is 32.1 Å². The predicted molar refractivity (Wildman–Crippen MR) is 124 cm³/mol. The lowest BCUT2D eigenvalue weighted by Crippen LogP contribution is -2.34. The van der Waals surface area contributed by atoms with Crippen LogP contribution in [0.15, 0.2) is 29.2 Å². The second kappa shape index (κ2) is 9.68. The first kappa shape index (κ1) is 25.6. The molecule has 0 bridgehead atoms. The van der Waals surface area contributed by atoms with E-state index in [2.05, 4.69) is 30.7 Å². The average Bonchev–Trinajstić information content (AvgIpc) is 3.10. The van der Waals surface area contributed by atoms with Gasteiger partial charge < -0.3 is 9.80 Å². The zero-order valence-corrected chi connectivity index (χ0v) is 20.6.